The highest BCUT2D eigenvalue weighted by atomic mass is 28.4. The maximum atomic E-state index is 7.28. The van der Waals surface area contributed by atoms with Crippen molar-refractivity contribution in [2.24, 2.45) is 34.5 Å². The zero-order chi connectivity index (χ0) is 38.7. The fourth-order valence-corrected chi connectivity index (χ4v) is 18.1. The summed E-state index contributed by atoms with van der Waals surface area (Å²) in [6, 6.07) is 31.4. The Balaban J connectivity index is 0.913. The van der Waals surface area contributed by atoms with Crippen LogP contribution in [0.15, 0.2) is 96.6 Å². The van der Waals surface area contributed by atoms with Crippen molar-refractivity contribution in [3.8, 4) is 0 Å². The van der Waals surface area contributed by atoms with Gasteiger partial charge in [0.05, 0.1) is 33.0 Å². The van der Waals surface area contributed by atoms with Crippen LogP contribution in [-0.4, -0.2) is 46.3 Å². The average molecular weight is 775 g/mol. The van der Waals surface area contributed by atoms with E-state index in [1.807, 2.05) is 0 Å². The van der Waals surface area contributed by atoms with Crippen LogP contribution in [-0.2, 0) is 36.4 Å². The van der Waals surface area contributed by atoms with Gasteiger partial charge in [-0.25, -0.2) is 0 Å². The first-order valence-electron chi connectivity index (χ1n) is 22.1. The normalized spacial score (nSPS) is 32.1. The molecule has 0 aromatic heterocycles. The second kappa shape index (κ2) is 14.9. The number of rotatable bonds is 10. The molecule has 9 rings (SSSR count). The van der Waals surface area contributed by atoms with Crippen molar-refractivity contribution in [3.63, 3.8) is 0 Å². The van der Waals surface area contributed by atoms with Crippen molar-refractivity contribution < 1.29 is 23.4 Å². The Morgan fingerprint density at radius 2 is 1.32 bits per heavy atom. The van der Waals surface area contributed by atoms with E-state index in [9.17, 15) is 0 Å². The summed E-state index contributed by atoms with van der Waals surface area (Å²) >= 11 is 0. The Hall–Kier alpha value is -2.58. The first-order valence-corrected chi connectivity index (χ1v) is 24.0. The second-order valence-corrected chi connectivity index (χ2v) is 24.1. The lowest BCUT2D eigenvalue weighted by Gasteiger charge is -2.60. The van der Waals surface area contributed by atoms with Crippen LogP contribution >= 0.6 is 0 Å². The topological polar surface area (TPSA) is 46.2 Å². The molecule has 4 aliphatic carbocycles. The highest BCUT2D eigenvalue weighted by Gasteiger charge is 2.65. The molecule has 6 heteroatoms. The highest BCUT2D eigenvalue weighted by molar-refractivity contribution is 6.99. The van der Waals surface area contributed by atoms with Crippen LogP contribution in [0.5, 0.6) is 0 Å². The van der Waals surface area contributed by atoms with Gasteiger partial charge in [0.25, 0.3) is 8.32 Å². The minimum atomic E-state index is -2.59. The van der Waals surface area contributed by atoms with Crippen LogP contribution in [0, 0.1) is 34.5 Å². The zero-order valence-corrected chi connectivity index (χ0v) is 35.8. The fourth-order valence-electron chi connectivity index (χ4n) is 13.5. The van der Waals surface area contributed by atoms with Gasteiger partial charge in [0.2, 0.25) is 0 Å². The first-order chi connectivity index (χ1) is 27.0. The molecule has 0 amide bonds. The molecule has 3 aromatic rings. The second-order valence-electron chi connectivity index (χ2n) is 19.8. The summed E-state index contributed by atoms with van der Waals surface area (Å²) in [6.07, 6.45) is 15.8. The van der Waals surface area contributed by atoms with Crippen molar-refractivity contribution >= 4 is 18.7 Å². The van der Waals surface area contributed by atoms with Crippen LogP contribution in [0.1, 0.15) is 110 Å². The van der Waals surface area contributed by atoms with E-state index < -0.39 is 14.1 Å². The molecule has 6 atom stereocenters. The molecule has 56 heavy (non-hydrogen) atoms. The van der Waals surface area contributed by atoms with Crippen LogP contribution < -0.4 is 10.4 Å². The lowest BCUT2D eigenvalue weighted by Crippen LogP contribution is -2.66. The molecule has 0 bridgehead atoms. The number of fused-ring (bicyclic) bond motifs is 5. The van der Waals surface area contributed by atoms with Crippen molar-refractivity contribution in [1.82, 2.24) is 0 Å². The minimum Gasteiger partial charge on any atom is -0.403 e. The summed E-state index contributed by atoms with van der Waals surface area (Å²) in [5.41, 5.74) is 4.83. The molecule has 300 valence electrons. The minimum absolute atomic E-state index is 0.0393. The third-order valence-electron chi connectivity index (χ3n) is 16.1. The molecular formula is C50H66O5Si. The predicted molar refractivity (Wildman–Crippen MR) is 226 cm³/mol. The highest BCUT2D eigenvalue weighted by Crippen LogP contribution is 2.70. The van der Waals surface area contributed by atoms with Gasteiger partial charge in [0.1, 0.15) is 0 Å². The standard InChI is InChI=1S/C50H66O5Si/c1-46(2,3)56(40-14-8-6-9-15-40,41-16-10-7-11-17-41)55-36-38-20-18-37(19-21-38)13-12-27-49-28-26-43-42(44(49)24-25-45(49)48(5)51-31-32-52-48)23-22-39-35-50(53-33-34-54-50)30-29-47(39,43)4/h6-11,14-22,42-45H,12-13,23-36H2,1-5H3/t42-,43-,44+,45-,47-,49+/m1/s1. The quantitative estimate of drug-likeness (QED) is 0.152. The molecule has 5 fully saturated rings. The number of benzene rings is 3. The van der Waals surface area contributed by atoms with E-state index in [1.165, 1.54) is 72.9 Å². The van der Waals surface area contributed by atoms with Crippen molar-refractivity contribution in [2.75, 3.05) is 26.4 Å². The number of ether oxygens (including phenoxy) is 4. The van der Waals surface area contributed by atoms with E-state index >= 15 is 0 Å². The molecule has 3 saturated carbocycles. The Bertz CT molecular complexity index is 1800. The molecule has 2 saturated heterocycles. The summed E-state index contributed by atoms with van der Waals surface area (Å²) in [6.45, 7) is 15.5. The van der Waals surface area contributed by atoms with Gasteiger partial charge in [-0.05, 0) is 120 Å². The maximum absolute atomic E-state index is 7.28. The summed E-state index contributed by atoms with van der Waals surface area (Å²) < 4.78 is 32.8. The Labute approximate surface area is 338 Å². The third kappa shape index (κ3) is 6.54. The van der Waals surface area contributed by atoms with E-state index in [4.69, 9.17) is 23.4 Å². The van der Waals surface area contributed by atoms with E-state index in [-0.39, 0.29) is 21.7 Å². The van der Waals surface area contributed by atoms with Crippen LogP contribution in [0.4, 0.5) is 0 Å². The summed E-state index contributed by atoms with van der Waals surface area (Å²) in [7, 11) is -2.59. The molecule has 5 nitrogen and oxygen atoms in total. The van der Waals surface area contributed by atoms with Gasteiger partial charge >= 0.3 is 0 Å². The zero-order valence-electron chi connectivity index (χ0n) is 34.8. The van der Waals surface area contributed by atoms with Crippen molar-refractivity contribution in [3.05, 3.63) is 108 Å². The number of allylic oxidation sites excluding steroid dienone is 1. The molecule has 0 unspecified atom stereocenters. The molecule has 0 N–H and O–H groups in total. The van der Waals surface area contributed by atoms with Crippen LogP contribution in [0.25, 0.3) is 0 Å². The molecule has 6 aliphatic rings. The van der Waals surface area contributed by atoms with Gasteiger partial charge in [0, 0.05) is 18.8 Å². The van der Waals surface area contributed by atoms with Gasteiger partial charge < -0.3 is 23.4 Å². The van der Waals surface area contributed by atoms with Crippen molar-refractivity contribution in [2.45, 2.75) is 128 Å². The van der Waals surface area contributed by atoms with Gasteiger partial charge in [-0.1, -0.05) is 124 Å². The number of aryl methyl sites for hydroxylation is 1. The monoisotopic (exact) mass is 774 g/mol. The molecule has 2 aliphatic heterocycles. The first kappa shape index (κ1) is 38.9. The smallest absolute Gasteiger partial charge is 0.261 e. The van der Waals surface area contributed by atoms with E-state index in [0.717, 1.165) is 63.4 Å². The Morgan fingerprint density at radius 1 is 0.696 bits per heavy atom. The molecular weight excluding hydrogens is 709 g/mol. The Kier molecular flexibility index (Phi) is 10.4. The largest absolute Gasteiger partial charge is 0.403 e. The number of hydrogen-bond acceptors (Lipinski definition) is 5. The summed E-state index contributed by atoms with van der Waals surface area (Å²) in [4.78, 5) is 0. The Morgan fingerprint density at radius 3 is 1.96 bits per heavy atom. The van der Waals surface area contributed by atoms with Gasteiger partial charge in [-0.2, -0.15) is 0 Å². The van der Waals surface area contributed by atoms with Gasteiger partial charge in [-0.3, -0.25) is 0 Å². The lowest BCUT2D eigenvalue weighted by molar-refractivity contribution is -0.221. The van der Waals surface area contributed by atoms with Gasteiger partial charge in [-0.15, -0.1) is 0 Å². The van der Waals surface area contributed by atoms with E-state index in [0.29, 0.717) is 12.5 Å². The fraction of sp³-hybridized carbons (Fsp3) is 0.600. The maximum Gasteiger partial charge on any atom is 0.261 e. The van der Waals surface area contributed by atoms with Crippen LogP contribution in [0.2, 0.25) is 5.04 Å². The predicted octanol–water partition coefficient (Wildman–Crippen LogP) is 10.2. The van der Waals surface area contributed by atoms with E-state index in [1.54, 1.807) is 5.57 Å². The van der Waals surface area contributed by atoms with Crippen LogP contribution in [0.3, 0.4) is 0 Å². The lowest BCUT2D eigenvalue weighted by atomic mass is 9.46. The average Bonchev–Trinajstić information content (AvgIpc) is 3.96. The number of hydrogen-bond donors (Lipinski definition) is 0. The molecule has 1 spiro atoms. The van der Waals surface area contributed by atoms with Gasteiger partial charge in [0.15, 0.2) is 11.6 Å². The molecule has 2 heterocycles. The molecule has 3 aromatic carbocycles. The summed E-state index contributed by atoms with van der Waals surface area (Å²) in [5.74, 6) is 1.85. The summed E-state index contributed by atoms with van der Waals surface area (Å²) in [5, 5.41) is 2.62. The van der Waals surface area contributed by atoms with Crippen molar-refractivity contribution in [1.29, 1.82) is 0 Å². The third-order valence-corrected chi connectivity index (χ3v) is 21.1. The SMILES string of the molecule is CC1([C@H]2CC[C@H]3[C@@H]4CC=C5CC6(CC[C@@]5(C)[C@@H]4CC[C@]23CCCc2ccc(CO[Si](c3ccccc3)(c3ccccc3)C(C)(C)C)cc2)OCCO6)OCCO1. The molecule has 0 radical (unpaired) electrons. The van der Waals surface area contributed by atoms with E-state index in [2.05, 4.69) is 126 Å².